The van der Waals surface area contributed by atoms with Gasteiger partial charge in [-0.15, -0.1) is 0 Å². The number of ketones is 1. The van der Waals surface area contributed by atoms with Gasteiger partial charge in [-0.25, -0.2) is 0 Å². The molecule has 1 aromatic carbocycles. The van der Waals surface area contributed by atoms with Crippen molar-refractivity contribution in [2.75, 3.05) is 39.3 Å². The van der Waals surface area contributed by atoms with Gasteiger partial charge in [0.25, 0.3) is 11.5 Å². The summed E-state index contributed by atoms with van der Waals surface area (Å²) in [5.41, 5.74) is 0.430. The first kappa shape index (κ1) is 19.8. The first-order valence-electron chi connectivity index (χ1n) is 9.40. The van der Waals surface area contributed by atoms with Gasteiger partial charge in [0.05, 0.1) is 0 Å². The van der Waals surface area contributed by atoms with E-state index < -0.39 is 5.56 Å². The Balaban J connectivity index is 1.55. The topological polar surface area (TPSA) is 82.7 Å². The average Bonchev–Trinajstić information content (AvgIpc) is 2.69. The number of aryl methyl sites for hydroxylation is 1. The highest BCUT2D eigenvalue weighted by Crippen LogP contribution is 2.11. The van der Waals surface area contributed by atoms with Gasteiger partial charge in [0.2, 0.25) is 0 Å². The lowest BCUT2D eigenvalue weighted by Crippen LogP contribution is -2.50. The lowest BCUT2D eigenvalue weighted by Gasteiger charge is -2.34. The second kappa shape index (κ2) is 8.84. The van der Waals surface area contributed by atoms with E-state index in [-0.39, 0.29) is 17.3 Å². The number of piperazine rings is 1. The summed E-state index contributed by atoms with van der Waals surface area (Å²) < 4.78 is 5.72. The molecule has 0 unspecified atom stereocenters. The zero-order chi connectivity index (χ0) is 20.1. The smallest absolute Gasteiger partial charge is 0.261 e. The van der Waals surface area contributed by atoms with Crippen LogP contribution in [-0.4, -0.2) is 65.8 Å². The number of hydrogen-bond acceptors (Lipinski definition) is 5. The Bertz CT molecular complexity index is 900. The first-order chi connectivity index (χ1) is 13.5. The minimum Gasteiger partial charge on any atom is -0.492 e. The first-order valence-corrected chi connectivity index (χ1v) is 9.40. The van der Waals surface area contributed by atoms with Crippen molar-refractivity contribution in [2.24, 2.45) is 0 Å². The van der Waals surface area contributed by atoms with Crippen LogP contribution in [0.5, 0.6) is 5.75 Å². The zero-order valence-electron chi connectivity index (χ0n) is 16.2. The number of hydrogen-bond donors (Lipinski definition) is 1. The molecule has 7 nitrogen and oxygen atoms in total. The molecule has 1 aliphatic rings. The summed E-state index contributed by atoms with van der Waals surface area (Å²) >= 11 is 0. The number of amides is 1. The number of benzene rings is 1. The average molecular weight is 383 g/mol. The van der Waals surface area contributed by atoms with E-state index in [9.17, 15) is 14.4 Å². The molecule has 2 aromatic rings. The summed E-state index contributed by atoms with van der Waals surface area (Å²) in [4.78, 5) is 43.2. The Kier molecular flexibility index (Phi) is 6.26. The van der Waals surface area contributed by atoms with E-state index in [1.807, 2.05) is 30.3 Å². The third-order valence-electron chi connectivity index (χ3n) is 4.93. The SMILES string of the molecule is CC(=O)c1cc(C(=O)N2CCN(CCOc3ccccc3)CC2)c(=O)[nH]c1C. The van der Waals surface area contributed by atoms with Crippen molar-refractivity contribution in [1.29, 1.82) is 0 Å². The number of nitrogens with one attached hydrogen (secondary N) is 1. The van der Waals surface area contributed by atoms with Gasteiger partial charge < -0.3 is 14.6 Å². The van der Waals surface area contributed by atoms with Crippen molar-refractivity contribution < 1.29 is 14.3 Å². The minimum absolute atomic E-state index is 0.0247. The monoisotopic (exact) mass is 383 g/mol. The fourth-order valence-electron chi connectivity index (χ4n) is 3.30. The van der Waals surface area contributed by atoms with Crippen molar-refractivity contribution >= 4 is 11.7 Å². The van der Waals surface area contributed by atoms with Gasteiger partial charge in [-0.05, 0) is 32.0 Å². The van der Waals surface area contributed by atoms with E-state index in [2.05, 4.69) is 9.88 Å². The van der Waals surface area contributed by atoms with E-state index in [0.29, 0.717) is 44.0 Å². The summed E-state index contributed by atoms with van der Waals surface area (Å²) in [5.74, 6) is 0.339. The lowest BCUT2D eigenvalue weighted by atomic mass is 10.1. The molecule has 2 heterocycles. The van der Waals surface area contributed by atoms with Crippen LogP contribution in [0.4, 0.5) is 0 Å². The molecule has 7 heteroatoms. The molecule has 1 aromatic heterocycles. The van der Waals surface area contributed by atoms with Gasteiger partial charge in [0.1, 0.15) is 17.9 Å². The van der Waals surface area contributed by atoms with E-state index in [1.165, 1.54) is 13.0 Å². The number of carbonyl (C=O) groups excluding carboxylic acids is 2. The van der Waals surface area contributed by atoms with E-state index in [4.69, 9.17) is 4.74 Å². The maximum absolute atomic E-state index is 12.8. The van der Waals surface area contributed by atoms with Crippen LogP contribution in [0.2, 0.25) is 0 Å². The number of para-hydroxylation sites is 1. The molecule has 0 radical (unpaired) electrons. The molecule has 1 fully saturated rings. The van der Waals surface area contributed by atoms with E-state index in [1.54, 1.807) is 11.8 Å². The fraction of sp³-hybridized carbons (Fsp3) is 0.381. The molecule has 0 aliphatic carbocycles. The summed E-state index contributed by atoms with van der Waals surface area (Å²) in [7, 11) is 0. The largest absolute Gasteiger partial charge is 0.492 e. The van der Waals surface area contributed by atoms with Gasteiger partial charge in [-0.3, -0.25) is 19.3 Å². The zero-order valence-corrected chi connectivity index (χ0v) is 16.2. The number of H-pyrrole nitrogens is 1. The number of nitrogens with zero attached hydrogens (tertiary/aromatic N) is 2. The van der Waals surface area contributed by atoms with Gasteiger partial charge >= 0.3 is 0 Å². The molecule has 0 bridgehead atoms. The number of rotatable bonds is 6. The third-order valence-corrected chi connectivity index (χ3v) is 4.93. The molecule has 1 saturated heterocycles. The predicted molar refractivity (Wildman–Crippen MR) is 106 cm³/mol. The number of carbonyl (C=O) groups is 2. The van der Waals surface area contributed by atoms with Gasteiger partial charge in [0, 0.05) is 44.0 Å². The summed E-state index contributed by atoms with van der Waals surface area (Å²) in [6.45, 7) is 6.93. The number of aromatic amines is 1. The van der Waals surface area contributed by atoms with Crippen LogP contribution in [0.3, 0.4) is 0 Å². The van der Waals surface area contributed by atoms with Crippen molar-refractivity contribution in [3.8, 4) is 5.75 Å². The second-order valence-electron chi connectivity index (χ2n) is 6.90. The summed E-state index contributed by atoms with van der Waals surface area (Å²) in [6, 6.07) is 11.1. The van der Waals surface area contributed by atoms with Crippen LogP contribution in [0.1, 0.15) is 33.3 Å². The van der Waals surface area contributed by atoms with Crippen molar-refractivity contribution in [3.63, 3.8) is 0 Å². The number of aromatic nitrogens is 1. The van der Waals surface area contributed by atoms with Crippen LogP contribution in [0, 0.1) is 6.92 Å². The third kappa shape index (κ3) is 4.67. The highest BCUT2D eigenvalue weighted by atomic mass is 16.5. The second-order valence-corrected chi connectivity index (χ2v) is 6.90. The molecule has 3 rings (SSSR count). The van der Waals surface area contributed by atoms with Crippen LogP contribution < -0.4 is 10.3 Å². The molecular formula is C21H25N3O4. The van der Waals surface area contributed by atoms with Crippen LogP contribution in [-0.2, 0) is 0 Å². The highest BCUT2D eigenvalue weighted by Gasteiger charge is 2.25. The number of Topliss-reactive ketones (excluding diaryl/α,β-unsaturated/α-hetero) is 1. The Hall–Kier alpha value is -2.93. The lowest BCUT2D eigenvalue weighted by molar-refractivity contribution is 0.0618. The highest BCUT2D eigenvalue weighted by molar-refractivity contribution is 5.99. The van der Waals surface area contributed by atoms with Gasteiger partial charge in [0.15, 0.2) is 5.78 Å². The van der Waals surface area contributed by atoms with Gasteiger partial charge in [-0.1, -0.05) is 18.2 Å². The molecule has 0 spiro atoms. The standard InChI is InChI=1S/C21H25N3O4/c1-15-18(16(2)25)14-19(20(26)22-15)21(27)24-10-8-23(9-11-24)12-13-28-17-6-4-3-5-7-17/h3-7,14H,8-13H2,1-2H3,(H,22,26). The van der Waals surface area contributed by atoms with Gasteiger partial charge in [-0.2, -0.15) is 0 Å². The Morgan fingerprint density at radius 2 is 1.75 bits per heavy atom. The quantitative estimate of drug-likeness (QED) is 0.768. The fourth-order valence-corrected chi connectivity index (χ4v) is 3.30. The van der Waals surface area contributed by atoms with E-state index >= 15 is 0 Å². The van der Waals surface area contributed by atoms with Crippen molar-refractivity contribution in [2.45, 2.75) is 13.8 Å². The molecule has 1 aliphatic heterocycles. The normalized spacial score (nSPS) is 14.7. The molecule has 0 saturated carbocycles. The Morgan fingerprint density at radius 3 is 2.39 bits per heavy atom. The van der Waals surface area contributed by atoms with E-state index in [0.717, 1.165) is 12.3 Å². The molecule has 1 amide bonds. The van der Waals surface area contributed by atoms with Crippen molar-refractivity contribution in [1.82, 2.24) is 14.8 Å². The maximum Gasteiger partial charge on any atom is 0.261 e. The Labute approximate surface area is 163 Å². The molecule has 1 N–H and O–H groups in total. The number of ether oxygens (including phenoxy) is 1. The summed E-state index contributed by atoms with van der Waals surface area (Å²) in [5, 5.41) is 0. The molecule has 28 heavy (non-hydrogen) atoms. The maximum atomic E-state index is 12.8. The number of pyridine rings is 1. The predicted octanol–water partition coefficient (Wildman–Crippen LogP) is 1.72. The van der Waals surface area contributed by atoms with Crippen LogP contribution >= 0.6 is 0 Å². The Morgan fingerprint density at radius 1 is 1.07 bits per heavy atom. The minimum atomic E-state index is -0.453. The van der Waals surface area contributed by atoms with Crippen molar-refractivity contribution in [3.05, 3.63) is 63.6 Å². The van der Waals surface area contributed by atoms with Crippen LogP contribution in [0.15, 0.2) is 41.2 Å². The molecular weight excluding hydrogens is 358 g/mol. The molecule has 0 atom stereocenters. The van der Waals surface area contributed by atoms with Crippen LogP contribution in [0.25, 0.3) is 0 Å². The summed E-state index contributed by atoms with van der Waals surface area (Å²) in [6.07, 6.45) is 0. The molecule has 148 valence electrons.